The number of sulfone groups is 1. The summed E-state index contributed by atoms with van der Waals surface area (Å²) in [7, 11) is -1.62. The van der Waals surface area contributed by atoms with Crippen molar-refractivity contribution < 1.29 is 18.0 Å². The van der Waals surface area contributed by atoms with Crippen molar-refractivity contribution >= 4 is 51.7 Å². The number of hydrogen-bond acceptors (Lipinski definition) is 5. The lowest BCUT2D eigenvalue weighted by molar-refractivity contribution is -0.124. The van der Waals surface area contributed by atoms with E-state index in [4.69, 9.17) is 0 Å². The van der Waals surface area contributed by atoms with Crippen LogP contribution in [0.5, 0.6) is 0 Å². The Balaban J connectivity index is 0.00000364. The van der Waals surface area contributed by atoms with E-state index in [2.05, 4.69) is 20.9 Å². The van der Waals surface area contributed by atoms with Crippen LogP contribution in [0.3, 0.4) is 0 Å². The summed E-state index contributed by atoms with van der Waals surface area (Å²) in [5.74, 6) is 0.267. The Morgan fingerprint density at radius 2 is 2.00 bits per heavy atom. The summed E-state index contributed by atoms with van der Waals surface area (Å²) in [6.45, 7) is 2.85. The molecule has 1 fully saturated rings. The Morgan fingerprint density at radius 1 is 1.30 bits per heavy atom. The summed E-state index contributed by atoms with van der Waals surface area (Å²) in [6.07, 6.45) is 1.18. The molecule has 11 heteroatoms. The van der Waals surface area contributed by atoms with Crippen molar-refractivity contribution in [1.29, 1.82) is 0 Å². The highest BCUT2D eigenvalue weighted by molar-refractivity contribution is 14.0. The Bertz CT molecular complexity index is 825. The molecule has 0 bridgehead atoms. The Morgan fingerprint density at radius 3 is 2.52 bits per heavy atom. The number of carbonyl (C=O) groups is 2. The van der Waals surface area contributed by atoms with Gasteiger partial charge in [-0.15, -0.1) is 24.0 Å². The maximum absolute atomic E-state index is 11.6. The third kappa shape index (κ3) is 6.34. The molecule has 1 saturated heterocycles. The first-order chi connectivity index (χ1) is 12.2. The van der Waals surface area contributed by atoms with Crippen LogP contribution in [0, 0.1) is 6.92 Å². The average Bonchev–Trinajstić information content (AvgIpc) is 2.88. The highest BCUT2D eigenvalue weighted by Gasteiger charge is 2.27. The van der Waals surface area contributed by atoms with E-state index in [1.807, 2.05) is 6.07 Å². The van der Waals surface area contributed by atoms with E-state index in [1.165, 1.54) is 6.26 Å². The van der Waals surface area contributed by atoms with Crippen LogP contribution in [0.2, 0.25) is 0 Å². The number of carbonyl (C=O) groups excluding carboxylic acids is 2. The number of aryl methyl sites for hydroxylation is 1. The monoisotopic (exact) mass is 509 g/mol. The summed E-state index contributed by atoms with van der Waals surface area (Å²) in [4.78, 5) is 28.5. The molecule has 0 aromatic heterocycles. The maximum atomic E-state index is 11.6. The van der Waals surface area contributed by atoms with E-state index in [9.17, 15) is 18.0 Å². The fourth-order valence-corrected chi connectivity index (χ4v) is 3.57. The fraction of sp³-hybridized carbons (Fsp3) is 0.438. The molecular formula is C16H24IN5O4S. The van der Waals surface area contributed by atoms with E-state index in [1.54, 1.807) is 26.1 Å². The van der Waals surface area contributed by atoms with E-state index >= 15 is 0 Å². The molecule has 0 unspecified atom stereocenters. The smallest absolute Gasteiger partial charge is 0.324 e. The van der Waals surface area contributed by atoms with E-state index in [-0.39, 0.29) is 49.0 Å². The summed E-state index contributed by atoms with van der Waals surface area (Å²) in [6, 6.07) is 4.76. The zero-order valence-corrected chi connectivity index (χ0v) is 18.6. The minimum absolute atomic E-state index is 0. The highest BCUT2D eigenvalue weighted by Crippen LogP contribution is 2.16. The Kier molecular flexibility index (Phi) is 8.47. The molecule has 1 aliphatic rings. The third-order valence-corrected chi connectivity index (χ3v) is 5.14. The van der Waals surface area contributed by atoms with Crippen LogP contribution in [0.4, 0.5) is 4.79 Å². The Hall–Kier alpha value is -1.89. The standard InChI is InChI=1S/C16H23N5O4S.HI/c1-11-8-12(4-5-13(11)26(3,24)25)9-19-15(17-2)18-6-7-21-14(22)10-20-16(21)23;/h4-5,8H,6-7,9-10H2,1-3H3,(H,20,23)(H2,17,18,19);1H. The van der Waals surface area contributed by atoms with Crippen LogP contribution < -0.4 is 16.0 Å². The number of nitrogens with zero attached hydrogens (tertiary/aromatic N) is 2. The van der Waals surface area contributed by atoms with Gasteiger partial charge >= 0.3 is 6.03 Å². The van der Waals surface area contributed by atoms with Gasteiger partial charge in [0.15, 0.2) is 15.8 Å². The summed E-state index contributed by atoms with van der Waals surface area (Å²) < 4.78 is 23.3. The second-order valence-electron chi connectivity index (χ2n) is 5.93. The van der Waals surface area contributed by atoms with Gasteiger partial charge in [-0.05, 0) is 24.1 Å². The normalized spacial score (nSPS) is 14.6. The van der Waals surface area contributed by atoms with Crippen LogP contribution in [0.25, 0.3) is 0 Å². The number of nitrogens with one attached hydrogen (secondary N) is 3. The number of guanidine groups is 1. The van der Waals surface area contributed by atoms with Crippen LogP contribution in [0.15, 0.2) is 28.1 Å². The molecule has 0 aliphatic carbocycles. The molecule has 1 heterocycles. The summed E-state index contributed by atoms with van der Waals surface area (Å²) >= 11 is 0. The first-order valence-corrected chi connectivity index (χ1v) is 9.94. The van der Waals surface area contributed by atoms with Gasteiger partial charge in [-0.25, -0.2) is 13.2 Å². The van der Waals surface area contributed by atoms with Crippen LogP contribution in [-0.4, -0.2) is 64.2 Å². The third-order valence-electron chi connectivity index (χ3n) is 3.89. The van der Waals surface area contributed by atoms with E-state index in [0.717, 1.165) is 10.5 Å². The van der Waals surface area contributed by atoms with Crippen molar-refractivity contribution in [2.24, 2.45) is 4.99 Å². The number of rotatable bonds is 6. The van der Waals surface area contributed by atoms with Crippen molar-refractivity contribution in [3.63, 3.8) is 0 Å². The van der Waals surface area contributed by atoms with Gasteiger partial charge in [0.25, 0.3) is 0 Å². The molecule has 3 amide bonds. The van der Waals surface area contributed by atoms with Crippen molar-refractivity contribution in [3.05, 3.63) is 29.3 Å². The topological polar surface area (TPSA) is 120 Å². The first kappa shape index (κ1) is 23.1. The second kappa shape index (κ2) is 9.88. The highest BCUT2D eigenvalue weighted by atomic mass is 127. The number of halogens is 1. The van der Waals surface area contributed by atoms with E-state index < -0.39 is 9.84 Å². The first-order valence-electron chi connectivity index (χ1n) is 8.04. The lowest BCUT2D eigenvalue weighted by Gasteiger charge is -2.16. The van der Waals surface area contributed by atoms with Crippen LogP contribution >= 0.6 is 24.0 Å². The van der Waals surface area contributed by atoms with Crippen molar-refractivity contribution in [3.8, 4) is 0 Å². The molecule has 0 radical (unpaired) electrons. The molecule has 0 atom stereocenters. The van der Waals surface area contributed by atoms with Gasteiger partial charge in [0.2, 0.25) is 5.91 Å². The molecule has 9 nitrogen and oxygen atoms in total. The van der Waals surface area contributed by atoms with Crippen molar-refractivity contribution in [2.45, 2.75) is 18.4 Å². The van der Waals surface area contributed by atoms with Gasteiger partial charge in [-0.1, -0.05) is 12.1 Å². The minimum atomic E-state index is -3.24. The number of benzene rings is 1. The quantitative estimate of drug-likeness (QED) is 0.219. The molecule has 150 valence electrons. The molecule has 1 aromatic carbocycles. The number of imide groups is 1. The predicted molar refractivity (Wildman–Crippen MR) is 113 cm³/mol. The minimum Gasteiger partial charge on any atom is -0.355 e. The van der Waals surface area contributed by atoms with E-state index in [0.29, 0.717) is 29.5 Å². The van der Waals surface area contributed by atoms with Gasteiger partial charge in [0.05, 0.1) is 11.4 Å². The van der Waals surface area contributed by atoms with Gasteiger partial charge in [-0.3, -0.25) is 14.7 Å². The average molecular weight is 509 g/mol. The van der Waals surface area contributed by atoms with Gasteiger partial charge in [0.1, 0.15) is 0 Å². The lowest BCUT2D eigenvalue weighted by atomic mass is 10.1. The fourth-order valence-electron chi connectivity index (χ4n) is 2.61. The molecule has 27 heavy (non-hydrogen) atoms. The number of amides is 3. The number of aliphatic imine (C=N–C) groups is 1. The predicted octanol–water partition coefficient (Wildman–Crippen LogP) is 0.233. The molecule has 1 aromatic rings. The van der Waals surface area contributed by atoms with Gasteiger partial charge in [-0.2, -0.15) is 0 Å². The van der Waals surface area contributed by atoms with Crippen LogP contribution in [0.1, 0.15) is 11.1 Å². The zero-order valence-electron chi connectivity index (χ0n) is 15.4. The van der Waals surface area contributed by atoms with Gasteiger partial charge < -0.3 is 16.0 Å². The summed E-state index contributed by atoms with van der Waals surface area (Å²) in [5.41, 5.74) is 1.60. The maximum Gasteiger partial charge on any atom is 0.324 e. The second-order valence-corrected chi connectivity index (χ2v) is 7.91. The number of hydrogen-bond donors (Lipinski definition) is 3. The largest absolute Gasteiger partial charge is 0.355 e. The summed E-state index contributed by atoms with van der Waals surface area (Å²) in [5, 5.41) is 8.59. The Labute approximate surface area is 175 Å². The lowest BCUT2D eigenvalue weighted by Crippen LogP contribution is -2.43. The SMILES string of the molecule is CN=C(NCCN1C(=O)CNC1=O)NCc1ccc(S(C)(=O)=O)c(C)c1.I. The molecule has 2 rings (SSSR count). The zero-order chi connectivity index (χ0) is 19.3. The molecule has 0 saturated carbocycles. The van der Waals surface area contributed by atoms with Crippen LogP contribution in [-0.2, 0) is 21.2 Å². The van der Waals surface area contributed by atoms with Crippen molar-refractivity contribution in [1.82, 2.24) is 20.9 Å². The molecular weight excluding hydrogens is 485 g/mol. The molecule has 1 aliphatic heterocycles. The van der Waals surface area contributed by atoms with Crippen molar-refractivity contribution in [2.75, 3.05) is 32.9 Å². The molecule has 3 N–H and O–H groups in total. The number of urea groups is 1. The molecule has 0 spiro atoms. The van der Waals surface area contributed by atoms with Gasteiger partial charge in [0, 0.05) is 32.9 Å².